The van der Waals surface area contributed by atoms with E-state index in [2.05, 4.69) is 10.2 Å². The van der Waals surface area contributed by atoms with Crippen LogP contribution in [0.3, 0.4) is 0 Å². The summed E-state index contributed by atoms with van der Waals surface area (Å²) in [4.78, 5) is 24.3. The molecule has 0 radical (unpaired) electrons. The summed E-state index contributed by atoms with van der Waals surface area (Å²) < 4.78 is 11.6. The molecule has 0 aliphatic carbocycles. The minimum Gasteiger partial charge on any atom is -0.497 e. The predicted octanol–water partition coefficient (Wildman–Crippen LogP) is 2.54. The van der Waals surface area contributed by atoms with Gasteiger partial charge in [-0.1, -0.05) is 24.3 Å². The van der Waals surface area contributed by atoms with Gasteiger partial charge in [0.15, 0.2) is 0 Å². The van der Waals surface area contributed by atoms with Crippen LogP contribution in [-0.4, -0.2) is 40.1 Å². The molecule has 0 fully saturated rings. The number of hydrogen-bond acceptors (Lipinski definition) is 6. The third-order valence-electron chi connectivity index (χ3n) is 4.88. The fourth-order valence-corrected chi connectivity index (χ4v) is 3.28. The fourth-order valence-electron chi connectivity index (χ4n) is 3.28. The third kappa shape index (κ3) is 3.44. The second kappa shape index (κ2) is 7.84. The highest BCUT2D eigenvalue weighted by atomic mass is 16.5. The van der Waals surface area contributed by atoms with Crippen molar-refractivity contribution in [3.63, 3.8) is 0 Å². The smallest absolute Gasteiger partial charge is 0.341 e. The van der Waals surface area contributed by atoms with Crippen molar-refractivity contribution in [2.75, 3.05) is 14.2 Å². The summed E-state index contributed by atoms with van der Waals surface area (Å²) in [6, 6.07) is 14.3. The third-order valence-corrected chi connectivity index (χ3v) is 4.88. The Morgan fingerprint density at radius 2 is 1.87 bits per heavy atom. The summed E-state index contributed by atoms with van der Waals surface area (Å²) in [5.41, 5.74) is 2.29. The minimum atomic E-state index is -0.857. The zero-order chi connectivity index (χ0) is 21.3. The van der Waals surface area contributed by atoms with Gasteiger partial charge in [-0.3, -0.25) is 4.79 Å². The van der Waals surface area contributed by atoms with E-state index in [9.17, 15) is 14.7 Å². The summed E-state index contributed by atoms with van der Waals surface area (Å²) in [6.45, 7) is 0. The molecule has 30 heavy (non-hydrogen) atoms. The Labute approximate surface area is 171 Å². The highest BCUT2D eigenvalue weighted by molar-refractivity contribution is 5.96. The van der Waals surface area contributed by atoms with Crippen LogP contribution in [0.2, 0.25) is 0 Å². The maximum absolute atomic E-state index is 12.2. The molecule has 0 saturated carbocycles. The number of carbonyl (C=O) groups is 1. The molecule has 2 aliphatic heterocycles. The van der Waals surface area contributed by atoms with Gasteiger partial charge >= 0.3 is 5.97 Å². The highest BCUT2D eigenvalue weighted by Gasteiger charge is 2.22. The van der Waals surface area contributed by atoms with Gasteiger partial charge in [0.05, 0.1) is 19.8 Å². The van der Waals surface area contributed by atoms with Crippen LogP contribution in [0.25, 0.3) is 16.9 Å². The van der Waals surface area contributed by atoms with Gasteiger partial charge < -0.3 is 19.1 Å². The van der Waals surface area contributed by atoms with E-state index in [1.165, 1.54) is 7.11 Å². The number of hydrogen-bond donors (Lipinski definition) is 2. The Balaban J connectivity index is 1.77. The standard InChI is InChI=1S/C22H19N3O5/c1-29-16-8-6-13(7-9-16)20(26)14-4-3-5-15(10-14)25-11-17-19(23-24-21(17)27)18(12-25)22(28)30-2/h3-12,20,26H,1-2H3,(H,24,27). The van der Waals surface area contributed by atoms with E-state index >= 15 is 0 Å². The van der Waals surface area contributed by atoms with Crippen LogP contribution in [-0.2, 0) is 4.74 Å². The van der Waals surface area contributed by atoms with Crippen molar-refractivity contribution in [3.05, 3.63) is 88.0 Å². The van der Waals surface area contributed by atoms with Gasteiger partial charge in [-0.15, -0.1) is 0 Å². The van der Waals surface area contributed by atoms with Gasteiger partial charge in [0.2, 0.25) is 0 Å². The average molecular weight is 405 g/mol. The molecular formula is C22H19N3O5. The number of aromatic amines is 1. The average Bonchev–Trinajstić information content (AvgIpc) is 3.18. The zero-order valence-electron chi connectivity index (χ0n) is 16.3. The van der Waals surface area contributed by atoms with E-state index < -0.39 is 17.6 Å². The normalized spacial score (nSPS) is 12.0. The van der Waals surface area contributed by atoms with Crippen molar-refractivity contribution in [3.8, 4) is 22.7 Å². The first-order valence-electron chi connectivity index (χ1n) is 9.13. The molecule has 0 aromatic heterocycles. The Kier molecular flexibility index (Phi) is 5.07. The van der Waals surface area contributed by atoms with E-state index in [4.69, 9.17) is 9.47 Å². The molecule has 2 aromatic rings. The SMILES string of the molecule is COC(=O)c1cn(-c2cccc(C(O)c3ccc(OC)cc3)c2)cc2c(=O)[nH]nc1-2. The molecule has 2 heterocycles. The predicted molar refractivity (Wildman–Crippen MR) is 109 cm³/mol. The second-order valence-electron chi connectivity index (χ2n) is 6.66. The molecule has 8 heteroatoms. The van der Waals surface area contributed by atoms with Crippen molar-refractivity contribution >= 4 is 5.97 Å². The Morgan fingerprint density at radius 1 is 1.10 bits per heavy atom. The number of pyridine rings is 1. The number of fused-ring (bicyclic) bond motifs is 1. The van der Waals surface area contributed by atoms with E-state index in [-0.39, 0.29) is 16.8 Å². The second-order valence-corrected chi connectivity index (χ2v) is 6.66. The first-order valence-corrected chi connectivity index (χ1v) is 9.13. The monoisotopic (exact) mass is 405 g/mol. The lowest BCUT2D eigenvalue weighted by molar-refractivity contribution is 0.0600. The van der Waals surface area contributed by atoms with Crippen molar-refractivity contribution in [1.82, 2.24) is 14.8 Å². The van der Waals surface area contributed by atoms with Crippen LogP contribution in [0.5, 0.6) is 5.75 Å². The van der Waals surface area contributed by atoms with Crippen molar-refractivity contribution in [1.29, 1.82) is 0 Å². The number of ether oxygens (including phenoxy) is 2. The topological polar surface area (TPSA) is 106 Å². The largest absolute Gasteiger partial charge is 0.497 e. The number of aliphatic hydroxyl groups is 1. The summed E-state index contributed by atoms with van der Waals surface area (Å²) >= 11 is 0. The van der Waals surface area contributed by atoms with Crippen molar-refractivity contribution < 1.29 is 19.4 Å². The maximum atomic E-state index is 12.2. The molecule has 2 aliphatic rings. The molecule has 0 bridgehead atoms. The maximum Gasteiger partial charge on any atom is 0.341 e. The molecule has 0 amide bonds. The molecule has 2 aromatic carbocycles. The van der Waals surface area contributed by atoms with Gasteiger partial charge in [-0.25, -0.2) is 9.89 Å². The van der Waals surface area contributed by atoms with Crippen LogP contribution >= 0.6 is 0 Å². The number of nitrogens with one attached hydrogen (secondary N) is 1. The summed E-state index contributed by atoms with van der Waals surface area (Å²) in [7, 11) is 2.85. The van der Waals surface area contributed by atoms with Gasteiger partial charge in [0, 0.05) is 18.1 Å². The molecule has 152 valence electrons. The quantitative estimate of drug-likeness (QED) is 0.494. The lowest BCUT2D eigenvalue weighted by Gasteiger charge is -2.16. The molecule has 4 rings (SSSR count). The number of carbonyl (C=O) groups excluding carboxylic acids is 1. The lowest BCUT2D eigenvalue weighted by Crippen LogP contribution is -2.11. The summed E-state index contributed by atoms with van der Waals surface area (Å²) in [5, 5.41) is 17.1. The number of esters is 1. The lowest BCUT2D eigenvalue weighted by atomic mass is 10.0. The number of methoxy groups -OCH3 is 2. The Hall–Kier alpha value is -3.91. The van der Waals surface area contributed by atoms with Crippen LogP contribution in [0.15, 0.2) is 65.7 Å². The van der Waals surface area contributed by atoms with Crippen LogP contribution in [0.1, 0.15) is 27.6 Å². The molecule has 1 unspecified atom stereocenters. The first kappa shape index (κ1) is 19.4. The highest BCUT2D eigenvalue weighted by Crippen LogP contribution is 2.27. The van der Waals surface area contributed by atoms with Crippen molar-refractivity contribution in [2.45, 2.75) is 6.10 Å². The fraction of sp³-hybridized carbons (Fsp3) is 0.136. The molecule has 8 nitrogen and oxygen atoms in total. The van der Waals surface area contributed by atoms with Crippen LogP contribution < -0.4 is 10.3 Å². The van der Waals surface area contributed by atoms with Gasteiger partial charge in [-0.2, -0.15) is 5.10 Å². The number of rotatable bonds is 5. The number of aromatic nitrogens is 3. The minimum absolute atomic E-state index is 0.162. The Bertz CT molecular complexity index is 1230. The molecule has 0 spiro atoms. The van der Waals surface area contributed by atoms with Crippen LogP contribution in [0.4, 0.5) is 0 Å². The first-order chi connectivity index (χ1) is 14.5. The van der Waals surface area contributed by atoms with E-state index in [1.54, 1.807) is 66.5 Å². The van der Waals surface area contributed by atoms with Gasteiger partial charge in [0.1, 0.15) is 23.1 Å². The zero-order valence-corrected chi connectivity index (χ0v) is 16.3. The van der Waals surface area contributed by atoms with E-state index in [0.717, 1.165) is 0 Å². The van der Waals surface area contributed by atoms with E-state index in [1.807, 2.05) is 6.07 Å². The molecule has 0 saturated heterocycles. The van der Waals surface area contributed by atoms with Gasteiger partial charge in [-0.05, 0) is 35.4 Å². The van der Waals surface area contributed by atoms with Crippen molar-refractivity contribution in [2.24, 2.45) is 0 Å². The molecular weight excluding hydrogens is 386 g/mol. The summed E-state index contributed by atoms with van der Waals surface area (Å²) in [5.74, 6) is 0.0997. The molecule has 2 N–H and O–H groups in total. The van der Waals surface area contributed by atoms with E-state index in [0.29, 0.717) is 22.6 Å². The number of aliphatic hydroxyl groups excluding tert-OH is 1. The number of benzene rings is 2. The Morgan fingerprint density at radius 3 is 2.57 bits per heavy atom. The summed E-state index contributed by atoms with van der Waals surface area (Å²) in [6.07, 6.45) is 2.28. The van der Waals surface area contributed by atoms with Crippen LogP contribution in [0, 0.1) is 0 Å². The number of nitrogens with zero attached hydrogens (tertiary/aromatic N) is 2. The molecule has 1 atom stereocenters. The number of H-pyrrole nitrogens is 1. The van der Waals surface area contributed by atoms with Gasteiger partial charge in [0.25, 0.3) is 5.56 Å².